The first-order valence-corrected chi connectivity index (χ1v) is 14.3. The Hall–Kier alpha value is -4.03. The monoisotopic (exact) mass is 579 g/mol. The van der Waals surface area contributed by atoms with Gasteiger partial charge in [0.05, 0.1) is 32.0 Å². The summed E-state index contributed by atoms with van der Waals surface area (Å²) in [7, 11) is 3.61. The largest absolute Gasteiger partial charge is 0.494 e. The number of rotatable bonds is 7. The van der Waals surface area contributed by atoms with E-state index in [4.69, 9.17) is 9.57 Å². The number of piperidine rings is 1. The fourth-order valence-corrected chi connectivity index (χ4v) is 6.04. The van der Waals surface area contributed by atoms with Crippen molar-refractivity contribution in [2.45, 2.75) is 31.3 Å². The number of carbonyl (C=O) groups is 1. The Kier molecular flexibility index (Phi) is 8.07. The molecule has 4 heterocycles. The zero-order chi connectivity index (χ0) is 29.2. The minimum absolute atomic E-state index is 0.219. The molecule has 0 radical (unpaired) electrons. The molecule has 0 bridgehead atoms. The van der Waals surface area contributed by atoms with Crippen LogP contribution in [0.2, 0.25) is 0 Å². The molecule has 6 rings (SSSR count). The standard InChI is InChI=1S/C30H35F2N7O3/c1-36-13-14-38(29(40)18-36)20-8-11-37(12-9-20)21-6-7-24(26(16-21)41-2)35-27-17-28(34-19-33-27)39-25(10-15-42-39)22-4-3-5-23(31)30(22)32/h3-7,16-17,19-20,25H,8-15,18H2,1-2H3,(H,33,34,35)/t25-/m1/s1. The van der Waals surface area contributed by atoms with E-state index < -0.39 is 17.7 Å². The fraction of sp³-hybridized carbons (Fsp3) is 0.433. The number of hydrogen-bond donors (Lipinski definition) is 1. The number of nitrogens with zero attached hydrogens (tertiary/aromatic N) is 6. The van der Waals surface area contributed by atoms with Crippen molar-refractivity contribution in [3.05, 3.63) is 66.0 Å². The van der Waals surface area contributed by atoms with E-state index in [1.165, 1.54) is 17.5 Å². The molecule has 222 valence electrons. The SMILES string of the molecule is COc1cc(N2CCC(N3CCN(C)CC3=O)CC2)ccc1Nc1cc(N2OCC[C@@H]2c2cccc(F)c2F)ncn1. The van der Waals surface area contributed by atoms with Gasteiger partial charge in [0.25, 0.3) is 0 Å². The second kappa shape index (κ2) is 12.1. The van der Waals surface area contributed by atoms with Crippen LogP contribution >= 0.6 is 0 Å². The number of amides is 1. The first kappa shape index (κ1) is 28.1. The summed E-state index contributed by atoms with van der Waals surface area (Å²) >= 11 is 0. The highest BCUT2D eigenvalue weighted by molar-refractivity contribution is 5.79. The Bertz CT molecular complexity index is 1440. The van der Waals surface area contributed by atoms with Crippen LogP contribution in [0.5, 0.6) is 5.75 Å². The van der Waals surface area contributed by atoms with Gasteiger partial charge in [0.1, 0.15) is 17.9 Å². The van der Waals surface area contributed by atoms with Crippen LogP contribution in [0.25, 0.3) is 0 Å². The summed E-state index contributed by atoms with van der Waals surface area (Å²) in [5.41, 5.74) is 1.99. The van der Waals surface area contributed by atoms with Crippen LogP contribution in [0.1, 0.15) is 30.9 Å². The predicted molar refractivity (Wildman–Crippen MR) is 155 cm³/mol. The molecule has 0 saturated carbocycles. The highest BCUT2D eigenvalue weighted by Crippen LogP contribution is 2.37. The van der Waals surface area contributed by atoms with Crippen LogP contribution in [0.4, 0.5) is 31.8 Å². The van der Waals surface area contributed by atoms with Crippen LogP contribution in [-0.4, -0.2) is 85.2 Å². The third-order valence-electron chi connectivity index (χ3n) is 8.29. The number of carbonyl (C=O) groups excluding carboxylic acids is 1. The molecule has 1 N–H and O–H groups in total. The first-order chi connectivity index (χ1) is 20.4. The van der Waals surface area contributed by atoms with Crippen molar-refractivity contribution < 1.29 is 23.1 Å². The number of hydroxylamine groups is 1. The van der Waals surface area contributed by atoms with Gasteiger partial charge < -0.3 is 19.9 Å². The molecule has 12 heteroatoms. The molecule has 3 aliphatic heterocycles. The van der Waals surface area contributed by atoms with E-state index in [0.717, 1.165) is 56.5 Å². The molecule has 10 nitrogen and oxygen atoms in total. The fourth-order valence-electron chi connectivity index (χ4n) is 6.04. The first-order valence-electron chi connectivity index (χ1n) is 14.3. The summed E-state index contributed by atoms with van der Waals surface area (Å²) in [4.78, 5) is 33.4. The van der Waals surface area contributed by atoms with Crippen molar-refractivity contribution >= 4 is 28.9 Å². The molecule has 3 aliphatic rings. The van der Waals surface area contributed by atoms with Crippen molar-refractivity contribution in [3.63, 3.8) is 0 Å². The van der Waals surface area contributed by atoms with Crippen LogP contribution < -0.4 is 20.0 Å². The number of ether oxygens (including phenoxy) is 1. The zero-order valence-corrected chi connectivity index (χ0v) is 23.8. The summed E-state index contributed by atoms with van der Waals surface area (Å²) in [6.45, 7) is 4.28. The predicted octanol–water partition coefficient (Wildman–Crippen LogP) is 4.13. The van der Waals surface area contributed by atoms with Crippen molar-refractivity contribution in [2.75, 3.05) is 68.8 Å². The summed E-state index contributed by atoms with van der Waals surface area (Å²) in [6, 6.07) is 11.6. The Labute approximate surface area is 243 Å². The van der Waals surface area contributed by atoms with Gasteiger partial charge in [0, 0.05) is 62.0 Å². The van der Waals surface area contributed by atoms with E-state index in [0.29, 0.717) is 37.0 Å². The van der Waals surface area contributed by atoms with Gasteiger partial charge in [-0.15, -0.1) is 0 Å². The van der Waals surface area contributed by atoms with Gasteiger partial charge in [-0.3, -0.25) is 14.5 Å². The topological polar surface area (TPSA) is 86.3 Å². The van der Waals surface area contributed by atoms with Crippen LogP contribution in [-0.2, 0) is 9.63 Å². The molecule has 1 atom stereocenters. The average molecular weight is 580 g/mol. The molecule has 2 aromatic carbocycles. The molecule has 42 heavy (non-hydrogen) atoms. The van der Waals surface area contributed by atoms with Crippen molar-refractivity contribution in [1.82, 2.24) is 19.8 Å². The van der Waals surface area contributed by atoms with E-state index in [2.05, 4.69) is 30.0 Å². The van der Waals surface area contributed by atoms with E-state index in [9.17, 15) is 13.6 Å². The normalized spacial score (nSPS) is 20.3. The molecule has 0 unspecified atom stereocenters. The second-order valence-corrected chi connectivity index (χ2v) is 10.9. The average Bonchev–Trinajstić information content (AvgIpc) is 3.49. The number of likely N-dealkylation sites (N-methyl/N-ethyl adjacent to an activating group) is 1. The summed E-state index contributed by atoms with van der Waals surface area (Å²) in [5.74, 6) is 0.0246. The minimum Gasteiger partial charge on any atom is -0.494 e. The minimum atomic E-state index is -0.894. The number of benzene rings is 2. The highest BCUT2D eigenvalue weighted by atomic mass is 19.2. The number of piperazine rings is 1. The maximum atomic E-state index is 14.6. The number of methoxy groups -OCH3 is 1. The molecule has 1 aromatic heterocycles. The lowest BCUT2D eigenvalue weighted by Crippen LogP contribution is -2.55. The molecule has 1 amide bonds. The van der Waals surface area contributed by atoms with Crippen LogP contribution in [0.15, 0.2) is 48.8 Å². The van der Waals surface area contributed by atoms with Gasteiger partial charge in [-0.05, 0) is 38.1 Å². The van der Waals surface area contributed by atoms with E-state index in [-0.39, 0.29) is 17.5 Å². The third-order valence-corrected chi connectivity index (χ3v) is 8.29. The number of nitrogens with one attached hydrogen (secondary N) is 1. The smallest absolute Gasteiger partial charge is 0.237 e. The molecule has 0 aliphatic carbocycles. The maximum absolute atomic E-state index is 14.6. The zero-order valence-electron chi connectivity index (χ0n) is 23.8. The molecular weight excluding hydrogens is 544 g/mol. The maximum Gasteiger partial charge on any atom is 0.237 e. The van der Waals surface area contributed by atoms with E-state index >= 15 is 0 Å². The van der Waals surface area contributed by atoms with E-state index in [1.807, 2.05) is 25.2 Å². The molecule has 3 saturated heterocycles. The summed E-state index contributed by atoms with van der Waals surface area (Å²) in [6.07, 6.45) is 3.75. The van der Waals surface area contributed by atoms with Gasteiger partial charge in [0.2, 0.25) is 5.91 Å². The lowest BCUT2D eigenvalue weighted by molar-refractivity contribution is -0.138. The highest BCUT2D eigenvalue weighted by Gasteiger charge is 2.33. The van der Waals surface area contributed by atoms with Gasteiger partial charge in [-0.2, -0.15) is 0 Å². The molecule has 3 aromatic rings. The quantitative estimate of drug-likeness (QED) is 0.444. The van der Waals surface area contributed by atoms with Gasteiger partial charge >= 0.3 is 0 Å². The van der Waals surface area contributed by atoms with Gasteiger partial charge in [-0.25, -0.2) is 23.8 Å². The molecular formula is C30H35F2N7O3. The Morgan fingerprint density at radius 1 is 1.02 bits per heavy atom. The lowest BCUT2D eigenvalue weighted by Gasteiger charge is -2.42. The Morgan fingerprint density at radius 3 is 2.64 bits per heavy atom. The molecule has 0 spiro atoms. The van der Waals surface area contributed by atoms with Crippen LogP contribution in [0.3, 0.4) is 0 Å². The number of hydrogen-bond acceptors (Lipinski definition) is 9. The summed E-state index contributed by atoms with van der Waals surface area (Å²) in [5, 5.41) is 4.80. The van der Waals surface area contributed by atoms with Gasteiger partial charge in [-0.1, -0.05) is 12.1 Å². The lowest BCUT2D eigenvalue weighted by atomic mass is 10.0. The number of halogens is 2. The summed E-state index contributed by atoms with van der Waals surface area (Å²) < 4.78 is 34.2. The third kappa shape index (κ3) is 5.68. The second-order valence-electron chi connectivity index (χ2n) is 10.9. The number of aromatic nitrogens is 2. The van der Waals surface area contributed by atoms with E-state index in [1.54, 1.807) is 19.2 Å². The van der Waals surface area contributed by atoms with Crippen molar-refractivity contribution in [3.8, 4) is 5.75 Å². The van der Waals surface area contributed by atoms with Crippen molar-refractivity contribution in [1.29, 1.82) is 0 Å². The number of anilines is 4. The van der Waals surface area contributed by atoms with Crippen LogP contribution in [0, 0.1) is 11.6 Å². The Balaban J connectivity index is 1.13. The Morgan fingerprint density at radius 2 is 1.86 bits per heavy atom. The van der Waals surface area contributed by atoms with Crippen molar-refractivity contribution in [2.24, 2.45) is 0 Å². The van der Waals surface area contributed by atoms with Gasteiger partial charge in [0.15, 0.2) is 17.5 Å². The molecule has 3 fully saturated rings.